The average molecular weight is 415 g/mol. The first-order valence-corrected chi connectivity index (χ1v) is 10.6. The first kappa shape index (κ1) is 19.8. The van der Waals surface area contributed by atoms with E-state index in [1.54, 1.807) is 0 Å². The minimum absolute atomic E-state index is 0.256. The summed E-state index contributed by atoms with van der Waals surface area (Å²) in [6.45, 7) is 5.30. The predicted molar refractivity (Wildman–Crippen MR) is 123 cm³/mol. The molecule has 0 spiro atoms. The number of aryl methyl sites for hydroxylation is 2. The molecule has 2 aromatic carbocycles. The number of anilines is 1. The van der Waals surface area contributed by atoms with Gasteiger partial charge in [0.15, 0.2) is 5.60 Å². The molecule has 31 heavy (non-hydrogen) atoms. The lowest BCUT2D eigenvalue weighted by atomic mass is 9.86. The third-order valence-corrected chi connectivity index (χ3v) is 6.30. The number of hydrogen-bond acceptors (Lipinski definition) is 6. The van der Waals surface area contributed by atoms with Crippen LogP contribution < -0.4 is 4.90 Å². The third kappa shape index (κ3) is 3.14. The number of nitrogens with zero attached hydrogens (tertiary/aromatic N) is 4. The zero-order chi connectivity index (χ0) is 21.9. The zero-order valence-electron chi connectivity index (χ0n) is 18.3. The summed E-state index contributed by atoms with van der Waals surface area (Å²) in [6.07, 6.45) is 0.328. The molecule has 0 bridgehead atoms. The molecule has 1 atom stereocenters. The number of Topliss-reactive ketones (excluding diaryl/α,β-unsaturated/α-hetero) is 1. The Kier molecular flexibility index (Phi) is 4.46. The second kappa shape index (κ2) is 6.97. The Morgan fingerprint density at radius 2 is 1.87 bits per heavy atom. The molecule has 1 fully saturated rings. The number of pyridine rings is 1. The van der Waals surface area contributed by atoms with Crippen LogP contribution in [0.5, 0.6) is 0 Å². The van der Waals surface area contributed by atoms with Gasteiger partial charge < -0.3 is 14.9 Å². The first-order valence-electron chi connectivity index (χ1n) is 10.6. The standard InChI is InChI=1S/C25H26N4O2/c1-15-11-20-22(12-16(15)2)27-24-25(31,23(20)30)9-10-29(24)19-7-8-21-17(13-19)5-6-18(26-21)14-28(3)4/h5-8,11-13,31H,9-10,14H2,1-4H3. The van der Waals surface area contributed by atoms with Gasteiger partial charge in [0.1, 0.15) is 5.84 Å². The highest BCUT2D eigenvalue weighted by Crippen LogP contribution is 2.40. The smallest absolute Gasteiger partial charge is 0.204 e. The minimum Gasteiger partial charge on any atom is -0.374 e. The van der Waals surface area contributed by atoms with Crippen molar-refractivity contribution in [3.05, 3.63) is 64.8 Å². The van der Waals surface area contributed by atoms with Crippen LogP contribution in [0.4, 0.5) is 11.4 Å². The van der Waals surface area contributed by atoms with E-state index >= 15 is 0 Å². The Balaban J connectivity index is 1.57. The summed E-state index contributed by atoms with van der Waals surface area (Å²) in [5.41, 5.74) is 4.53. The Hall–Kier alpha value is -3.09. The normalized spacial score (nSPS) is 20.3. The van der Waals surface area contributed by atoms with Gasteiger partial charge in [0.25, 0.3) is 0 Å². The van der Waals surface area contributed by atoms with Crippen molar-refractivity contribution >= 4 is 33.9 Å². The van der Waals surface area contributed by atoms with E-state index in [-0.39, 0.29) is 5.78 Å². The monoisotopic (exact) mass is 414 g/mol. The van der Waals surface area contributed by atoms with E-state index in [2.05, 4.69) is 17.0 Å². The number of carbonyl (C=O) groups is 1. The van der Waals surface area contributed by atoms with Crippen LogP contribution in [0.25, 0.3) is 10.9 Å². The number of ketones is 1. The average Bonchev–Trinajstić information content (AvgIpc) is 3.07. The second-order valence-electron chi connectivity index (χ2n) is 8.90. The fourth-order valence-corrected chi connectivity index (χ4v) is 4.48. The molecule has 3 aromatic rings. The Morgan fingerprint density at radius 3 is 2.65 bits per heavy atom. The number of aromatic nitrogens is 1. The van der Waals surface area contributed by atoms with Crippen molar-refractivity contribution in [3.63, 3.8) is 0 Å². The molecular formula is C25H26N4O2. The maximum Gasteiger partial charge on any atom is 0.204 e. The van der Waals surface area contributed by atoms with Crippen LogP contribution in [0.1, 0.15) is 33.6 Å². The quantitative estimate of drug-likeness (QED) is 0.706. The number of hydrogen-bond donors (Lipinski definition) is 1. The fourth-order valence-electron chi connectivity index (χ4n) is 4.48. The van der Waals surface area contributed by atoms with Crippen molar-refractivity contribution in [1.82, 2.24) is 9.88 Å². The summed E-state index contributed by atoms with van der Waals surface area (Å²) >= 11 is 0. The molecule has 1 saturated heterocycles. The highest BCUT2D eigenvalue weighted by molar-refractivity contribution is 6.28. The van der Waals surface area contributed by atoms with E-state index in [0.717, 1.165) is 40.0 Å². The minimum atomic E-state index is -1.57. The zero-order valence-corrected chi connectivity index (χ0v) is 18.3. The molecule has 158 valence electrons. The van der Waals surface area contributed by atoms with Crippen molar-refractivity contribution in [2.24, 2.45) is 4.99 Å². The van der Waals surface area contributed by atoms with Gasteiger partial charge in [-0.1, -0.05) is 6.07 Å². The van der Waals surface area contributed by atoms with Gasteiger partial charge in [-0.15, -0.1) is 0 Å². The summed E-state index contributed by atoms with van der Waals surface area (Å²) in [5, 5.41) is 12.3. The Labute approximate surface area is 181 Å². The Morgan fingerprint density at radius 1 is 1.10 bits per heavy atom. The van der Waals surface area contributed by atoms with E-state index < -0.39 is 5.60 Å². The van der Waals surface area contributed by atoms with Gasteiger partial charge in [-0.25, -0.2) is 4.99 Å². The van der Waals surface area contributed by atoms with Crippen LogP contribution >= 0.6 is 0 Å². The summed E-state index contributed by atoms with van der Waals surface area (Å²) < 4.78 is 0. The van der Waals surface area contributed by atoms with Gasteiger partial charge in [-0.05, 0) is 75.5 Å². The summed E-state index contributed by atoms with van der Waals surface area (Å²) in [5.74, 6) is 0.165. The number of fused-ring (bicyclic) bond motifs is 3. The number of carbonyl (C=O) groups excluding carboxylic acids is 1. The molecule has 1 N–H and O–H groups in total. The number of benzene rings is 2. The van der Waals surface area contributed by atoms with Gasteiger partial charge in [-0.3, -0.25) is 9.78 Å². The Bertz CT molecular complexity index is 1260. The lowest BCUT2D eigenvalue weighted by Gasteiger charge is -2.30. The maximum absolute atomic E-state index is 13.2. The van der Waals surface area contributed by atoms with E-state index in [0.29, 0.717) is 30.1 Å². The highest BCUT2D eigenvalue weighted by atomic mass is 16.3. The van der Waals surface area contributed by atoms with Crippen molar-refractivity contribution < 1.29 is 9.90 Å². The van der Waals surface area contributed by atoms with Crippen molar-refractivity contribution in [3.8, 4) is 0 Å². The molecular weight excluding hydrogens is 388 g/mol. The number of aliphatic imine (C=N–C) groups is 1. The number of aliphatic hydroxyl groups is 1. The van der Waals surface area contributed by atoms with Crippen LogP contribution in [0.2, 0.25) is 0 Å². The first-order chi connectivity index (χ1) is 14.8. The largest absolute Gasteiger partial charge is 0.374 e. The number of amidine groups is 1. The van der Waals surface area contributed by atoms with Gasteiger partial charge in [0.2, 0.25) is 5.78 Å². The fraction of sp³-hybridized carbons (Fsp3) is 0.320. The van der Waals surface area contributed by atoms with E-state index in [4.69, 9.17) is 9.98 Å². The summed E-state index contributed by atoms with van der Waals surface area (Å²) in [4.78, 5) is 26.8. The molecule has 1 unspecified atom stereocenters. The van der Waals surface area contributed by atoms with Gasteiger partial charge in [-0.2, -0.15) is 0 Å². The van der Waals surface area contributed by atoms with E-state index in [1.807, 2.05) is 63.2 Å². The van der Waals surface area contributed by atoms with Gasteiger partial charge in [0.05, 0.1) is 16.9 Å². The molecule has 2 aliphatic rings. The van der Waals surface area contributed by atoms with E-state index in [9.17, 15) is 9.90 Å². The summed E-state index contributed by atoms with van der Waals surface area (Å²) in [6, 6.07) is 13.9. The molecule has 6 nitrogen and oxygen atoms in total. The van der Waals surface area contributed by atoms with Crippen LogP contribution in [0.15, 0.2) is 47.5 Å². The second-order valence-corrected chi connectivity index (χ2v) is 8.90. The van der Waals surface area contributed by atoms with E-state index in [1.165, 1.54) is 0 Å². The van der Waals surface area contributed by atoms with Crippen LogP contribution in [-0.2, 0) is 6.54 Å². The van der Waals surface area contributed by atoms with Gasteiger partial charge >= 0.3 is 0 Å². The third-order valence-electron chi connectivity index (χ3n) is 6.30. The molecule has 1 aromatic heterocycles. The highest BCUT2D eigenvalue weighted by Gasteiger charge is 2.52. The SMILES string of the molecule is Cc1cc2c(cc1C)C(=O)C1(O)CCN(c3ccc4nc(CN(C)C)ccc4c3)C1=N2. The van der Waals surface area contributed by atoms with Crippen molar-refractivity contribution in [1.29, 1.82) is 0 Å². The van der Waals surface area contributed by atoms with Gasteiger partial charge in [0, 0.05) is 36.1 Å². The number of rotatable bonds is 3. The molecule has 6 heteroatoms. The topological polar surface area (TPSA) is 69.0 Å². The molecule has 0 amide bonds. The van der Waals surface area contributed by atoms with Crippen molar-refractivity contribution in [2.75, 3.05) is 25.5 Å². The lowest BCUT2D eigenvalue weighted by Crippen LogP contribution is -2.48. The maximum atomic E-state index is 13.2. The molecule has 0 saturated carbocycles. The molecule has 0 radical (unpaired) electrons. The van der Waals surface area contributed by atoms with Crippen LogP contribution in [0.3, 0.4) is 0 Å². The molecule has 2 aliphatic heterocycles. The van der Waals surface area contributed by atoms with Crippen LogP contribution in [0, 0.1) is 13.8 Å². The summed E-state index contributed by atoms with van der Waals surface area (Å²) in [7, 11) is 4.05. The molecule has 0 aliphatic carbocycles. The molecule has 5 rings (SSSR count). The van der Waals surface area contributed by atoms with Crippen LogP contribution in [-0.4, -0.2) is 52.9 Å². The lowest BCUT2D eigenvalue weighted by molar-refractivity contribution is 0.0602. The van der Waals surface area contributed by atoms with Crippen molar-refractivity contribution in [2.45, 2.75) is 32.4 Å². The molecule has 3 heterocycles. The predicted octanol–water partition coefficient (Wildman–Crippen LogP) is 3.78.